The van der Waals surface area contributed by atoms with Crippen LogP contribution < -0.4 is 10.7 Å². The Hall–Kier alpha value is -3.79. The molecule has 0 saturated carbocycles. The highest BCUT2D eigenvalue weighted by molar-refractivity contribution is 14.1. The molecule has 2 N–H and O–H groups in total. The molecule has 8 heteroatoms. The lowest BCUT2D eigenvalue weighted by Gasteiger charge is -2.05. The number of para-hydroxylation sites is 1. The Morgan fingerprint density at radius 3 is 2.56 bits per heavy atom. The fourth-order valence-corrected chi connectivity index (χ4v) is 3.96. The normalized spacial score (nSPS) is 10.9. The van der Waals surface area contributed by atoms with Crippen LogP contribution in [0.1, 0.15) is 21.5 Å². The maximum absolute atomic E-state index is 12.3. The molecule has 2 amide bonds. The van der Waals surface area contributed by atoms with E-state index < -0.39 is 5.91 Å². The SMILES string of the molecule is Cc1cccc(-c2nn(-c3ccccc3)cc2/C=N\NC(=O)CNC(=O)c2ccccc2I)c1. The molecule has 170 valence electrons. The number of hydrogen-bond acceptors (Lipinski definition) is 4. The summed E-state index contributed by atoms with van der Waals surface area (Å²) in [6.07, 6.45) is 3.42. The van der Waals surface area contributed by atoms with Crippen molar-refractivity contribution in [2.75, 3.05) is 6.54 Å². The van der Waals surface area contributed by atoms with E-state index in [2.05, 4.69) is 38.4 Å². The van der Waals surface area contributed by atoms with Gasteiger partial charge in [0.05, 0.1) is 24.0 Å². The highest BCUT2D eigenvalue weighted by Crippen LogP contribution is 2.23. The van der Waals surface area contributed by atoms with Crippen molar-refractivity contribution in [3.63, 3.8) is 0 Å². The maximum atomic E-state index is 12.3. The minimum Gasteiger partial charge on any atom is -0.343 e. The lowest BCUT2D eigenvalue weighted by Crippen LogP contribution is -2.35. The Kier molecular flexibility index (Phi) is 7.48. The summed E-state index contributed by atoms with van der Waals surface area (Å²) < 4.78 is 2.60. The molecule has 4 aromatic rings. The second kappa shape index (κ2) is 10.9. The van der Waals surface area contributed by atoms with Gasteiger partial charge in [0.2, 0.25) is 0 Å². The Balaban J connectivity index is 1.47. The molecular formula is C26H22IN5O2. The van der Waals surface area contributed by atoms with E-state index >= 15 is 0 Å². The van der Waals surface area contributed by atoms with Crippen molar-refractivity contribution < 1.29 is 9.59 Å². The van der Waals surface area contributed by atoms with Crippen LogP contribution in [0.5, 0.6) is 0 Å². The van der Waals surface area contributed by atoms with Crippen LogP contribution >= 0.6 is 22.6 Å². The zero-order valence-electron chi connectivity index (χ0n) is 18.4. The topological polar surface area (TPSA) is 88.4 Å². The molecule has 0 aliphatic rings. The highest BCUT2D eigenvalue weighted by atomic mass is 127. The molecule has 0 atom stereocenters. The Morgan fingerprint density at radius 2 is 1.79 bits per heavy atom. The summed E-state index contributed by atoms with van der Waals surface area (Å²) in [6.45, 7) is 1.84. The van der Waals surface area contributed by atoms with Gasteiger partial charge in [0.15, 0.2) is 0 Å². The number of aryl methyl sites for hydroxylation is 1. The van der Waals surface area contributed by atoms with Crippen molar-refractivity contribution in [3.05, 3.63) is 105 Å². The number of nitrogens with one attached hydrogen (secondary N) is 2. The van der Waals surface area contributed by atoms with E-state index in [4.69, 9.17) is 5.10 Å². The van der Waals surface area contributed by atoms with Gasteiger partial charge in [-0.3, -0.25) is 9.59 Å². The van der Waals surface area contributed by atoms with E-state index in [1.807, 2.05) is 79.9 Å². The van der Waals surface area contributed by atoms with Gasteiger partial charge < -0.3 is 5.32 Å². The van der Waals surface area contributed by atoms with Crippen molar-refractivity contribution in [2.45, 2.75) is 6.92 Å². The molecule has 0 aliphatic heterocycles. The minimum atomic E-state index is -0.428. The third kappa shape index (κ3) is 5.76. The fourth-order valence-electron chi connectivity index (χ4n) is 3.33. The van der Waals surface area contributed by atoms with Crippen LogP contribution in [0, 0.1) is 10.5 Å². The zero-order valence-corrected chi connectivity index (χ0v) is 20.6. The van der Waals surface area contributed by atoms with E-state index in [1.165, 1.54) is 0 Å². The summed E-state index contributed by atoms with van der Waals surface area (Å²) in [5, 5.41) is 11.5. The van der Waals surface area contributed by atoms with Crippen molar-refractivity contribution in [3.8, 4) is 16.9 Å². The fraction of sp³-hybridized carbons (Fsp3) is 0.0769. The summed E-state index contributed by atoms with van der Waals surface area (Å²) in [4.78, 5) is 24.5. The molecule has 0 spiro atoms. The number of nitrogens with zero attached hydrogens (tertiary/aromatic N) is 3. The van der Waals surface area contributed by atoms with Crippen molar-refractivity contribution >= 4 is 40.6 Å². The van der Waals surface area contributed by atoms with Gasteiger partial charge in [-0.15, -0.1) is 0 Å². The summed E-state index contributed by atoms with van der Waals surface area (Å²) >= 11 is 2.08. The van der Waals surface area contributed by atoms with Crippen molar-refractivity contribution in [2.24, 2.45) is 5.10 Å². The molecule has 1 aromatic heterocycles. The monoisotopic (exact) mass is 563 g/mol. The Bertz CT molecular complexity index is 1350. The first-order valence-corrected chi connectivity index (χ1v) is 11.7. The smallest absolute Gasteiger partial charge is 0.259 e. The van der Waals surface area contributed by atoms with Crippen molar-refractivity contribution in [1.29, 1.82) is 0 Å². The number of amides is 2. The zero-order chi connectivity index (χ0) is 23.9. The van der Waals surface area contributed by atoms with Crippen LogP contribution in [-0.4, -0.2) is 34.4 Å². The highest BCUT2D eigenvalue weighted by Gasteiger charge is 2.12. The number of hydrazone groups is 1. The number of benzene rings is 3. The number of hydrogen-bond donors (Lipinski definition) is 2. The molecule has 4 rings (SSSR count). The standard InChI is InChI=1S/C26H22IN5O2/c1-18-8-7-9-19(14-18)25-20(17-32(31-25)21-10-3-2-4-11-21)15-29-30-24(33)16-28-26(34)22-12-5-6-13-23(22)27/h2-15,17H,16H2,1H3,(H,28,34)(H,30,33)/b29-15-. The lowest BCUT2D eigenvalue weighted by atomic mass is 10.1. The van der Waals surface area contributed by atoms with Crippen LogP contribution in [0.15, 0.2) is 90.2 Å². The molecule has 0 radical (unpaired) electrons. The Morgan fingerprint density at radius 1 is 1.03 bits per heavy atom. The number of rotatable bonds is 7. The summed E-state index contributed by atoms with van der Waals surface area (Å²) in [5.74, 6) is -0.738. The first kappa shape index (κ1) is 23.4. The number of carbonyl (C=O) groups excluding carboxylic acids is 2. The predicted octanol–water partition coefficient (Wildman–Crippen LogP) is 4.33. The third-order valence-electron chi connectivity index (χ3n) is 4.98. The van der Waals surface area contributed by atoms with Crippen molar-refractivity contribution in [1.82, 2.24) is 20.5 Å². The van der Waals surface area contributed by atoms with E-state index in [9.17, 15) is 9.59 Å². The average molecular weight is 563 g/mol. The molecule has 0 saturated heterocycles. The van der Waals surface area contributed by atoms with Crippen LogP contribution in [-0.2, 0) is 4.79 Å². The van der Waals surface area contributed by atoms with Gasteiger partial charge in [-0.1, -0.05) is 54.1 Å². The number of halogens is 1. The molecule has 0 fully saturated rings. The molecule has 34 heavy (non-hydrogen) atoms. The largest absolute Gasteiger partial charge is 0.343 e. The first-order chi connectivity index (χ1) is 16.5. The van der Waals surface area contributed by atoms with Gasteiger partial charge in [-0.25, -0.2) is 10.1 Å². The molecule has 3 aromatic carbocycles. The van der Waals surface area contributed by atoms with E-state index in [-0.39, 0.29) is 12.5 Å². The molecule has 0 bridgehead atoms. The summed E-state index contributed by atoms with van der Waals surface area (Å²) in [5.41, 5.74) is 7.47. The number of aromatic nitrogens is 2. The third-order valence-corrected chi connectivity index (χ3v) is 5.92. The van der Waals surface area contributed by atoms with Crippen LogP contribution in [0.4, 0.5) is 0 Å². The second-order valence-electron chi connectivity index (χ2n) is 7.54. The van der Waals surface area contributed by atoms with Gasteiger partial charge in [-0.2, -0.15) is 10.2 Å². The molecule has 0 unspecified atom stereocenters. The first-order valence-electron chi connectivity index (χ1n) is 10.6. The lowest BCUT2D eigenvalue weighted by molar-refractivity contribution is -0.120. The van der Waals surface area contributed by atoms with Gasteiger partial charge in [0.1, 0.15) is 5.69 Å². The van der Waals surface area contributed by atoms with Gasteiger partial charge in [0.25, 0.3) is 11.8 Å². The van der Waals surface area contributed by atoms with Crippen LogP contribution in [0.3, 0.4) is 0 Å². The minimum absolute atomic E-state index is 0.185. The predicted molar refractivity (Wildman–Crippen MR) is 141 cm³/mol. The summed E-state index contributed by atoms with van der Waals surface area (Å²) in [7, 11) is 0. The van der Waals surface area contributed by atoms with Crippen LogP contribution in [0.25, 0.3) is 16.9 Å². The quantitative estimate of drug-likeness (QED) is 0.199. The molecule has 1 heterocycles. The summed E-state index contributed by atoms with van der Waals surface area (Å²) in [6, 6.07) is 25.0. The molecule has 0 aliphatic carbocycles. The van der Waals surface area contributed by atoms with E-state index in [0.29, 0.717) is 5.56 Å². The molecular weight excluding hydrogens is 541 g/mol. The second-order valence-corrected chi connectivity index (χ2v) is 8.70. The average Bonchev–Trinajstić information content (AvgIpc) is 3.28. The van der Waals surface area contributed by atoms with Gasteiger partial charge in [0, 0.05) is 20.9 Å². The van der Waals surface area contributed by atoms with E-state index in [1.54, 1.807) is 23.0 Å². The number of carbonyl (C=O) groups is 2. The van der Waals surface area contributed by atoms with E-state index in [0.717, 1.165) is 31.6 Å². The Labute approximate surface area is 211 Å². The maximum Gasteiger partial charge on any atom is 0.259 e. The van der Waals surface area contributed by atoms with Crippen LogP contribution in [0.2, 0.25) is 0 Å². The molecule has 7 nitrogen and oxygen atoms in total. The van der Waals surface area contributed by atoms with Gasteiger partial charge >= 0.3 is 0 Å². The van der Waals surface area contributed by atoms with Gasteiger partial charge in [-0.05, 0) is 59.8 Å².